The first-order valence-corrected chi connectivity index (χ1v) is 12.5. The number of hydrogen-bond donors (Lipinski definition) is 0. The van der Waals surface area contributed by atoms with Crippen LogP contribution >= 0.6 is 23.4 Å². The summed E-state index contributed by atoms with van der Waals surface area (Å²) >= 11 is 7.56. The Morgan fingerprint density at radius 1 is 1.13 bits per heavy atom. The first kappa shape index (κ1) is 24.1. The van der Waals surface area contributed by atoms with Crippen LogP contribution in [0.4, 0.5) is 0 Å². The van der Waals surface area contributed by atoms with E-state index in [1.165, 1.54) is 31.0 Å². The van der Waals surface area contributed by atoms with E-state index in [1.54, 1.807) is 0 Å². The molecule has 0 N–H and O–H groups in total. The van der Waals surface area contributed by atoms with Crippen molar-refractivity contribution in [1.29, 1.82) is 0 Å². The maximum atomic E-state index is 13.2. The summed E-state index contributed by atoms with van der Waals surface area (Å²) in [6, 6.07) is 8.30. The number of aromatic nitrogens is 3. The maximum absolute atomic E-state index is 13.2. The van der Waals surface area contributed by atoms with Crippen molar-refractivity contribution in [3.63, 3.8) is 0 Å². The molecule has 3 rings (SSSR count). The zero-order chi connectivity index (χ0) is 22.5. The molecule has 2 aromatic rings. The molecule has 31 heavy (non-hydrogen) atoms. The van der Waals surface area contributed by atoms with Gasteiger partial charge in [0.1, 0.15) is 0 Å². The van der Waals surface area contributed by atoms with Gasteiger partial charge in [-0.1, -0.05) is 42.6 Å². The van der Waals surface area contributed by atoms with E-state index < -0.39 is 0 Å². The molecule has 0 bridgehead atoms. The molecule has 0 aliphatic heterocycles. The number of amides is 1. The molecule has 6 nitrogen and oxygen atoms in total. The largest absolute Gasteiger partial charge is 0.337 e. The molecular weight excluding hydrogens is 430 g/mol. The minimum Gasteiger partial charge on any atom is -0.337 e. The maximum Gasteiger partial charge on any atom is 0.233 e. The second kappa shape index (κ2) is 10.8. The first-order valence-electron chi connectivity index (χ1n) is 11.1. The van der Waals surface area contributed by atoms with Crippen LogP contribution in [0.3, 0.4) is 0 Å². The quantitative estimate of drug-likeness (QED) is 0.503. The zero-order valence-electron chi connectivity index (χ0n) is 19.2. The number of thioether (sulfide) groups is 1. The Bertz CT molecular complexity index is 861. The molecule has 0 saturated heterocycles. The van der Waals surface area contributed by atoms with Crippen molar-refractivity contribution >= 4 is 29.3 Å². The predicted octanol–water partition coefficient (Wildman–Crippen LogP) is 5.21. The number of carbonyl (C=O) groups excluding carboxylic acids is 1. The summed E-state index contributed by atoms with van der Waals surface area (Å²) in [6.07, 6.45) is 5.93. The van der Waals surface area contributed by atoms with E-state index in [2.05, 4.69) is 40.8 Å². The molecule has 1 amide bonds. The van der Waals surface area contributed by atoms with Crippen molar-refractivity contribution in [1.82, 2.24) is 24.6 Å². The number of hydrogen-bond acceptors (Lipinski definition) is 5. The Kier molecular flexibility index (Phi) is 8.42. The van der Waals surface area contributed by atoms with Crippen LogP contribution in [-0.4, -0.2) is 62.4 Å². The lowest BCUT2D eigenvalue weighted by Gasteiger charge is -2.37. The Labute approximate surface area is 195 Å². The topological polar surface area (TPSA) is 54.3 Å². The van der Waals surface area contributed by atoms with Gasteiger partial charge in [-0.05, 0) is 72.0 Å². The SMILES string of the molecule is CC(C)N(C(=O)CSc1nnc([C@H](C)N(C)C)n1-c1ccc(Cl)cc1)C1CCCCC1. The van der Waals surface area contributed by atoms with Crippen LogP contribution in [0.5, 0.6) is 0 Å². The molecule has 8 heteroatoms. The number of carbonyl (C=O) groups is 1. The molecule has 0 spiro atoms. The molecular formula is C23H34ClN5OS. The molecule has 1 aromatic carbocycles. The van der Waals surface area contributed by atoms with E-state index in [0.717, 1.165) is 29.5 Å². The number of nitrogens with zero attached hydrogens (tertiary/aromatic N) is 5. The average molecular weight is 464 g/mol. The number of halogens is 1. The van der Waals surface area contributed by atoms with Gasteiger partial charge < -0.3 is 4.90 Å². The van der Waals surface area contributed by atoms with Crippen molar-refractivity contribution in [2.45, 2.75) is 76.2 Å². The van der Waals surface area contributed by atoms with Crippen LogP contribution < -0.4 is 0 Å². The van der Waals surface area contributed by atoms with Gasteiger partial charge in [0.05, 0.1) is 11.8 Å². The van der Waals surface area contributed by atoms with Crippen LogP contribution in [0.2, 0.25) is 5.02 Å². The number of benzene rings is 1. The summed E-state index contributed by atoms with van der Waals surface area (Å²) in [6.45, 7) is 6.33. The van der Waals surface area contributed by atoms with Crippen molar-refractivity contribution in [3.8, 4) is 5.69 Å². The van der Waals surface area contributed by atoms with Crippen LogP contribution in [0.1, 0.15) is 64.7 Å². The minimum atomic E-state index is 0.0719. The van der Waals surface area contributed by atoms with Crippen LogP contribution in [0.15, 0.2) is 29.4 Å². The fourth-order valence-corrected chi connectivity index (χ4v) is 5.14. The highest BCUT2D eigenvalue weighted by molar-refractivity contribution is 7.99. The normalized spacial score (nSPS) is 16.1. The molecule has 0 radical (unpaired) electrons. The summed E-state index contributed by atoms with van der Waals surface area (Å²) < 4.78 is 2.04. The molecule has 0 unspecified atom stereocenters. The predicted molar refractivity (Wildman–Crippen MR) is 128 cm³/mol. The van der Waals surface area contributed by atoms with Gasteiger partial charge in [-0.25, -0.2) is 0 Å². The summed E-state index contributed by atoms with van der Waals surface area (Å²) in [7, 11) is 4.04. The van der Waals surface area contributed by atoms with Gasteiger partial charge in [-0.15, -0.1) is 10.2 Å². The van der Waals surface area contributed by atoms with Gasteiger partial charge in [-0.2, -0.15) is 0 Å². The smallest absolute Gasteiger partial charge is 0.233 e. The first-order chi connectivity index (χ1) is 14.8. The van der Waals surface area contributed by atoms with Gasteiger partial charge >= 0.3 is 0 Å². The molecule has 1 heterocycles. The lowest BCUT2D eigenvalue weighted by atomic mass is 9.93. The second-order valence-electron chi connectivity index (χ2n) is 8.77. The van der Waals surface area contributed by atoms with Crippen molar-refractivity contribution in [3.05, 3.63) is 35.1 Å². The summed E-state index contributed by atoms with van der Waals surface area (Å²) in [5, 5.41) is 10.3. The summed E-state index contributed by atoms with van der Waals surface area (Å²) in [5.74, 6) is 1.38. The Morgan fingerprint density at radius 3 is 2.35 bits per heavy atom. The standard InChI is InChI=1S/C23H34ClN5OS/c1-16(2)28(19-9-7-6-8-10-19)21(30)15-31-23-26-25-22(17(3)27(4)5)29(23)20-13-11-18(24)12-14-20/h11-14,16-17,19H,6-10,15H2,1-5H3/t17-/m0/s1. The average Bonchev–Trinajstić information content (AvgIpc) is 3.16. The van der Waals surface area contributed by atoms with E-state index in [1.807, 2.05) is 42.9 Å². The van der Waals surface area contributed by atoms with E-state index in [0.29, 0.717) is 16.8 Å². The monoisotopic (exact) mass is 463 g/mol. The fourth-order valence-electron chi connectivity index (χ4n) is 4.18. The third kappa shape index (κ3) is 5.82. The molecule has 1 fully saturated rings. The Morgan fingerprint density at radius 2 is 1.77 bits per heavy atom. The van der Waals surface area contributed by atoms with Gasteiger partial charge in [0.25, 0.3) is 0 Å². The van der Waals surface area contributed by atoms with Crippen LogP contribution in [-0.2, 0) is 4.79 Å². The van der Waals surface area contributed by atoms with E-state index in [4.69, 9.17) is 11.6 Å². The Hall–Kier alpha value is -1.57. The van der Waals surface area contributed by atoms with Crippen molar-refractivity contribution in [2.75, 3.05) is 19.8 Å². The molecule has 1 atom stereocenters. The van der Waals surface area contributed by atoms with Crippen LogP contribution in [0.25, 0.3) is 5.69 Å². The zero-order valence-corrected chi connectivity index (χ0v) is 20.8. The van der Waals surface area contributed by atoms with E-state index in [-0.39, 0.29) is 18.0 Å². The van der Waals surface area contributed by atoms with Crippen LogP contribution in [0, 0.1) is 0 Å². The molecule has 1 aliphatic rings. The van der Waals surface area contributed by atoms with Gasteiger partial charge in [-0.3, -0.25) is 14.3 Å². The number of rotatable bonds is 8. The lowest BCUT2D eigenvalue weighted by molar-refractivity contribution is -0.133. The molecule has 1 saturated carbocycles. The summed E-state index contributed by atoms with van der Waals surface area (Å²) in [5.41, 5.74) is 0.945. The lowest BCUT2D eigenvalue weighted by Crippen LogP contribution is -2.46. The fraction of sp³-hybridized carbons (Fsp3) is 0.609. The molecule has 170 valence electrons. The highest BCUT2D eigenvalue weighted by Crippen LogP contribution is 2.29. The third-order valence-corrected chi connectivity index (χ3v) is 7.19. The van der Waals surface area contributed by atoms with E-state index >= 15 is 0 Å². The molecule has 1 aromatic heterocycles. The summed E-state index contributed by atoms with van der Waals surface area (Å²) in [4.78, 5) is 17.4. The van der Waals surface area contributed by atoms with Gasteiger partial charge in [0.2, 0.25) is 5.91 Å². The van der Waals surface area contributed by atoms with E-state index in [9.17, 15) is 4.79 Å². The van der Waals surface area contributed by atoms with Gasteiger partial charge in [0, 0.05) is 22.8 Å². The Balaban J connectivity index is 1.83. The van der Waals surface area contributed by atoms with Crippen molar-refractivity contribution < 1.29 is 4.79 Å². The van der Waals surface area contributed by atoms with Gasteiger partial charge in [0.15, 0.2) is 11.0 Å². The minimum absolute atomic E-state index is 0.0719. The molecule has 1 aliphatic carbocycles. The third-order valence-electron chi connectivity index (χ3n) is 6.03. The highest BCUT2D eigenvalue weighted by Gasteiger charge is 2.28. The second-order valence-corrected chi connectivity index (χ2v) is 10.1. The van der Waals surface area contributed by atoms with Crippen molar-refractivity contribution in [2.24, 2.45) is 0 Å². The highest BCUT2D eigenvalue weighted by atomic mass is 35.5.